The first-order valence-corrected chi connectivity index (χ1v) is 6.17. The van der Waals surface area contributed by atoms with Crippen molar-refractivity contribution in [1.29, 1.82) is 0 Å². The minimum absolute atomic E-state index is 0.0955. The van der Waals surface area contributed by atoms with Gasteiger partial charge in [0.05, 0.1) is 11.1 Å². The molecule has 0 fully saturated rings. The summed E-state index contributed by atoms with van der Waals surface area (Å²) in [6.07, 6.45) is 1.58. The molecule has 0 unspecified atom stereocenters. The average Bonchev–Trinajstić information content (AvgIpc) is 2.78. The molecule has 0 saturated carbocycles. The van der Waals surface area contributed by atoms with E-state index in [0.717, 1.165) is 9.47 Å². The van der Waals surface area contributed by atoms with E-state index in [-0.39, 0.29) is 5.69 Å². The molecule has 1 aromatic heterocycles. The van der Waals surface area contributed by atoms with Crippen LogP contribution in [0.2, 0.25) is 0 Å². The molecule has 88 valence electrons. The molecular formula is C9H7BrN4O2S. The van der Waals surface area contributed by atoms with Gasteiger partial charge in [0, 0.05) is 34.2 Å². The Morgan fingerprint density at radius 3 is 3.00 bits per heavy atom. The molecule has 0 aliphatic heterocycles. The zero-order chi connectivity index (χ0) is 12.3. The van der Waals surface area contributed by atoms with Gasteiger partial charge in [-0.05, 0) is 12.1 Å². The van der Waals surface area contributed by atoms with Gasteiger partial charge in [-0.2, -0.15) is 0 Å². The quantitative estimate of drug-likeness (QED) is 0.693. The minimum Gasteiger partial charge on any atom is -0.370 e. The summed E-state index contributed by atoms with van der Waals surface area (Å²) in [5, 5.41) is 18.3. The number of hydrogen-bond acceptors (Lipinski definition) is 6. The Bertz CT molecular complexity index is 532. The van der Waals surface area contributed by atoms with E-state index in [1.807, 2.05) is 0 Å². The summed E-state index contributed by atoms with van der Waals surface area (Å²) in [6.45, 7) is 0.361. The summed E-state index contributed by atoms with van der Waals surface area (Å²) < 4.78 is 4.50. The van der Waals surface area contributed by atoms with Crippen molar-refractivity contribution in [3.05, 3.63) is 44.5 Å². The molecule has 8 heteroatoms. The van der Waals surface area contributed by atoms with Crippen LogP contribution in [0.25, 0.3) is 0 Å². The topological polar surface area (TPSA) is 81.0 Å². The Morgan fingerprint density at radius 1 is 1.53 bits per heavy atom. The first kappa shape index (κ1) is 11.9. The zero-order valence-corrected chi connectivity index (χ0v) is 10.9. The Labute approximate surface area is 109 Å². The number of anilines is 1. The highest BCUT2D eigenvalue weighted by atomic mass is 79.9. The first-order valence-electron chi connectivity index (χ1n) is 4.61. The van der Waals surface area contributed by atoms with Crippen LogP contribution in [-0.2, 0) is 6.54 Å². The molecule has 0 radical (unpaired) electrons. The Balaban J connectivity index is 2.19. The van der Waals surface area contributed by atoms with Gasteiger partial charge in [-0.3, -0.25) is 10.1 Å². The van der Waals surface area contributed by atoms with Crippen molar-refractivity contribution in [1.82, 2.24) is 9.59 Å². The van der Waals surface area contributed by atoms with Gasteiger partial charge in [0.1, 0.15) is 5.00 Å². The van der Waals surface area contributed by atoms with E-state index in [1.54, 1.807) is 18.3 Å². The van der Waals surface area contributed by atoms with E-state index < -0.39 is 4.92 Å². The molecule has 1 aromatic carbocycles. The van der Waals surface area contributed by atoms with Crippen molar-refractivity contribution in [2.75, 3.05) is 5.32 Å². The van der Waals surface area contributed by atoms with Crippen LogP contribution in [0, 0.1) is 10.1 Å². The van der Waals surface area contributed by atoms with E-state index >= 15 is 0 Å². The number of nitro groups is 1. The largest absolute Gasteiger partial charge is 0.370 e. The highest BCUT2D eigenvalue weighted by molar-refractivity contribution is 9.10. The van der Waals surface area contributed by atoms with Crippen LogP contribution in [0.5, 0.6) is 0 Å². The van der Waals surface area contributed by atoms with E-state index in [2.05, 4.69) is 30.8 Å². The van der Waals surface area contributed by atoms with Gasteiger partial charge in [-0.1, -0.05) is 20.4 Å². The molecule has 1 heterocycles. The fourth-order valence-corrected chi connectivity index (χ4v) is 2.12. The third-order valence-corrected chi connectivity index (χ3v) is 3.17. The summed E-state index contributed by atoms with van der Waals surface area (Å²) in [6, 6.07) is 4.85. The van der Waals surface area contributed by atoms with Crippen molar-refractivity contribution in [2.45, 2.75) is 6.54 Å². The zero-order valence-electron chi connectivity index (χ0n) is 8.46. The predicted octanol–water partition coefficient (Wildman–Crippen LogP) is 2.82. The third kappa shape index (κ3) is 2.98. The molecule has 0 atom stereocenters. The predicted molar refractivity (Wildman–Crippen MR) is 68.0 cm³/mol. The Morgan fingerprint density at radius 2 is 2.35 bits per heavy atom. The van der Waals surface area contributed by atoms with Crippen LogP contribution in [-0.4, -0.2) is 14.5 Å². The second-order valence-corrected chi connectivity index (χ2v) is 4.87. The number of aromatic nitrogens is 2. The Kier molecular flexibility index (Phi) is 3.64. The molecule has 0 bridgehead atoms. The molecule has 0 saturated heterocycles. The highest BCUT2D eigenvalue weighted by Crippen LogP contribution is 2.24. The number of nitrogens with zero attached hydrogens (tertiary/aromatic N) is 3. The van der Waals surface area contributed by atoms with Crippen molar-refractivity contribution in [3.63, 3.8) is 0 Å². The van der Waals surface area contributed by atoms with Gasteiger partial charge < -0.3 is 5.32 Å². The van der Waals surface area contributed by atoms with Gasteiger partial charge >= 0.3 is 0 Å². The smallest absolute Gasteiger partial charge is 0.274 e. The van der Waals surface area contributed by atoms with Crippen molar-refractivity contribution < 1.29 is 4.92 Å². The summed E-state index contributed by atoms with van der Waals surface area (Å²) in [7, 11) is 0. The van der Waals surface area contributed by atoms with Gasteiger partial charge in [0.15, 0.2) is 0 Å². The molecule has 0 spiro atoms. The lowest BCUT2D eigenvalue weighted by molar-refractivity contribution is -0.385. The molecule has 2 rings (SSSR count). The summed E-state index contributed by atoms with van der Waals surface area (Å²) in [5.41, 5.74) is 0.705. The maximum absolute atomic E-state index is 10.8. The normalized spacial score (nSPS) is 10.2. The molecule has 2 aromatic rings. The number of hydrogen-bond donors (Lipinski definition) is 1. The van der Waals surface area contributed by atoms with Crippen LogP contribution in [0.4, 0.5) is 10.7 Å². The molecular weight excluding hydrogens is 308 g/mol. The second kappa shape index (κ2) is 5.19. The number of nitrogens with one attached hydrogen (secondary N) is 1. The monoisotopic (exact) mass is 314 g/mol. The van der Waals surface area contributed by atoms with Crippen LogP contribution < -0.4 is 5.32 Å². The summed E-state index contributed by atoms with van der Waals surface area (Å²) in [5.74, 6) is 0. The van der Waals surface area contributed by atoms with Gasteiger partial charge in [-0.25, -0.2) is 0 Å². The average molecular weight is 315 g/mol. The maximum atomic E-state index is 10.8. The lowest BCUT2D eigenvalue weighted by atomic mass is 10.2. The van der Waals surface area contributed by atoms with Gasteiger partial charge in [0.2, 0.25) is 0 Å². The standard InChI is InChI=1S/C9H7BrN4O2S/c10-7-1-2-8(14(15)16)6(3-7)4-11-9-5-12-13-17-9/h1-3,5,11H,4H2. The minimum atomic E-state index is -0.394. The number of nitro benzene ring substituents is 1. The van der Waals surface area contributed by atoms with E-state index in [1.165, 1.54) is 17.6 Å². The Hall–Kier alpha value is -1.54. The van der Waals surface area contributed by atoms with E-state index in [4.69, 9.17) is 0 Å². The molecule has 1 N–H and O–H groups in total. The summed E-state index contributed by atoms with van der Waals surface area (Å²) in [4.78, 5) is 10.4. The highest BCUT2D eigenvalue weighted by Gasteiger charge is 2.13. The van der Waals surface area contributed by atoms with Gasteiger partial charge in [-0.15, -0.1) is 5.10 Å². The van der Waals surface area contributed by atoms with Crippen molar-refractivity contribution in [3.8, 4) is 0 Å². The van der Waals surface area contributed by atoms with Crippen LogP contribution >= 0.6 is 27.5 Å². The van der Waals surface area contributed by atoms with E-state index in [9.17, 15) is 10.1 Å². The fraction of sp³-hybridized carbons (Fsp3) is 0.111. The number of rotatable bonds is 4. The SMILES string of the molecule is O=[N+]([O-])c1ccc(Br)cc1CNc1cnns1. The second-order valence-electron chi connectivity index (χ2n) is 3.17. The lowest BCUT2D eigenvalue weighted by Gasteiger charge is -2.04. The van der Waals surface area contributed by atoms with Gasteiger partial charge in [0.25, 0.3) is 5.69 Å². The molecule has 0 aliphatic carbocycles. The van der Waals surface area contributed by atoms with Crippen LogP contribution in [0.3, 0.4) is 0 Å². The number of benzene rings is 1. The third-order valence-electron chi connectivity index (χ3n) is 2.05. The molecule has 17 heavy (non-hydrogen) atoms. The fourth-order valence-electron chi connectivity index (χ4n) is 1.30. The lowest BCUT2D eigenvalue weighted by Crippen LogP contribution is -2.02. The maximum Gasteiger partial charge on any atom is 0.274 e. The van der Waals surface area contributed by atoms with Crippen molar-refractivity contribution in [2.24, 2.45) is 0 Å². The first-order chi connectivity index (χ1) is 8.16. The summed E-state index contributed by atoms with van der Waals surface area (Å²) >= 11 is 4.50. The molecule has 0 amide bonds. The van der Waals surface area contributed by atoms with Crippen LogP contribution in [0.15, 0.2) is 28.9 Å². The molecule has 0 aliphatic rings. The van der Waals surface area contributed by atoms with E-state index in [0.29, 0.717) is 12.1 Å². The number of halogens is 1. The van der Waals surface area contributed by atoms with Crippen molar-refractivity contribution >= 4 is 38.2 Å². The van der Waals surface area contributed by atoms with Crippen LogP contribution in [0.1, 0.15) is 5.56 Å². The molecule has 6 nitrogen and oxygen atoms in total.